The van der Waals surface area contributed by atoms with Crippen molar-refractivity contribution < 1.29 is 0 Å². The summed E-state index contributed by atoms with van der Waals surface area (Å²) in [7, 11) is -2.92. The highest BCUT2D eigenvalue weighted by molar-refractivity contribution is 7.19. The molecule has 0 saturated carbocycles. The molecule has 0 amide bonds. The fourth-order valence-corrected chi connectivity index (χ4v) is 16.7. The summed E-state index contributed by atoms with van der Waals surface area (Å²) >= 11 is 0. The van der Waals surface area contributed by atoms with Crippen LogP contribution in [0.15, 0.2) is 267 Å². The van der Waals surface area contributed by atoms with E-state index in [-0.39, 0.29) is 0 Å². The molecule has 0 fully saturated rings. The van der Waals surface area contributed by atoms with Crippen LogP contribution in [-0.4, -0.2) is 27.6 Å². The van der Waals surface area contributed by atoms with E-state index in [9.17, 15) is 0 Å². The zero-order valence-electron chi connectivity index (χ0n) is 44.2. The number of fused-ring (bicyclic) bond motifs is 3. The molecule has 0 saturated heterocycles. The van der Waals surface area contributed by atoms with Crippen molar-refractivity contribution in [3.8, 4) is 73.2 Å². The van der Waals surface area contributed by atoms with Gasteiger partial charge in [-0.15, -0.1) is 0 Å². The molecular formula is C73H56N4Si. The Labute approximate surface area is 457 Å². The highest BCUT2D eigenvalue weighted by atomic mass is 28.3. The molecule has 4 nitrogen and oxygen atoms in total. The van der Waals surface area contributed by atoms with Crippen LogP contribution in [0.5, 0.6) is 0 Å². The van der Waals surface area contributed by atoms with Crippen molar-refractivity contribution in [2.75, 3.05) is 0 Å². The van der Waals surface area contributed by atoms with Gasteiger partial charge in [0.2, 0.25) is 0 Å². The fraction of sp³-hybridized carbons (Fsp3) is 0.0548. The molecule has 0 aliphatic carbocycles. The molecule has 0 spiro atoms. The van der Waals surface area contributed by atoms with Gasteiger partial charge in [0.1, 0.15) is 0 Å². The Morgan fingerprint density at radius 1 is 0.282 bits per heavy atom. The van der Waals surface area contributed by atoms with Crippen LogP contribution < -0.4 is 20.7 Å². The average Bonchev–Trinajstić information content (AvgIpc) is 4.05. The lowest BCUT2D eigenvalue weighted by atomic mass is 9.96. The molecular weight excluding hydrogens is 961 g/mol. The highest BCUT2D eigenvalue weighted by Gasteiger charge is 2.41. The van der Waals surface area contributed by atoms with Gasteiger partial charge in [-0.1, -0.05) is 260 Å². The van der Waals surface area contributed by atoms with Gasteiger partial charge in [0.25, 0.3) is 0 Å². The topological polar surface area (TPSA) is 43.6 Å². The Morgan fingerprint density at radius 3 is 1.10 bits per heavy atom. The van der Waals surface area contributed by atoms with Crippen LogP contribution in [0, 0.1) is 27.7 Å². The SMILES string of the molecule is Cc1ccc(-c2ccc3c4ccc(-c5ccc(C)cc5C)cc4n(-c4cc(-c5nc(-c6ccccc6)nc(-c6ccccc6)n5)ccc4-c4cccc([Si](c5ccccc5)(c5ccccc5)c5ccccc5)c4)c3c2)c(C)c1. The number of benzene rings is 11. The van der Waals surface area contributed by atoms with Gasteiger partial charge in [0, 0.05) is 33.0 Å². The van der Waals surface area contributed by atoms with Gasteiger partial charge < -0.3 is 4.57 Å². The van der Waals surface area contributed by atoms with Crippen molar-refractivity contribution in [1.29, 1.82) is 0 Å². The van der Waals surface area contributed by atoms with Gasteiger partial charge in [-0.25, -0.2) is 15.0 Å². The van der Waals surface area contributed by atoms with E-state index in [1.54, 1.807) is 0 Å². The first kappa shape index (κ1) is 48.1. The Morgan fingerprint density at radius 2 is 0.654 bits per heavy atom. The van der Waals surface area contributed by atoms with E-state index < -0.39 is 8.07 Å². The first-order chi connectivity index (χ1) is 38.3. The molecule has 78 heavy (non-hydrogen) atoms. The molecule has 0 unspecified atom stereocenters. The molecule has 0 radical (unpaired) electrons. The predicted molar refractivity (Wildman–Crippen MR) is 329 cm³/mol. The second-order valence-electron chi connectivity index (χ2n) is 20.6. The molecule has 5 heteroatoms. The number of nitrogens with zero attached hydrogens (tertiary/aromatic N) is 4. The Hall–Kier alpha value is -9.55. The molecule has 13 rings (SSSR count). The molecule has 13 aromatic rings. The summed E-state index contributed by atoms with van der Waals surface area (Å²) in [6.45, 7) is 8.77. The van der Waals surface area contributed by atoms with Crippen LogP contribution in [0.3, 0.4) is 0 Å². The molecule has 372 valence electrons. The van der Waals surface area contributed by atoms with Crippen LogP contribution in [0.25, 0.3) is 95.0 Å². The highest BCUT2D eigenvalue weighted by Crippen LogP contribution is 2.42. The first-order valence-electron chi connectivity index (χ1n) is 26.8. The molecule has 0 aliphatic rings. The lowest BCUT2D eigenvalue weighted by molar-refractivity contribution is 1.07. The zero-order valence-corrected chi connectivity index (χ0v) is 45.2. The zero-order chi connectivity index (χ0) is 52.7. The minimum atomic E-state index is -2.92. The lowest BCUT2D eigenvalue weighted by Gasteiger charge is -2.34. The van der Waals surface area contributed by atoms with Crippen LogP contribution in [0.2, 0.25) is 0 Å². The summed E-state index contributed by atoms with van der Waals surface area (Å²) in [5.74, 6) is 1.84. The standard InChI is InChI=1S/C73H56N4Si/c1-49-33-38-63(51(3)43-49)56-35-41-66-67-42-36-57(64-39-34-50(2)44-52(64)4)47-70(67)77(69(66)46-56)68-48-58(73-75-71(53-21-10-5-11-22-53)74-72(76-73)54-23-12-6-13-24-54)37-40-65(68)55-25-20-32-62(45-55)78(59-26-14-7-15-27-59,60-28-16-8-17-29-60)61-30-18-9-19-31-61/h5-48H,1-4H3. The smallest absolute Gasteiger partial charge is 0.179 e. The maximum absolute atomic E-state index is 5.31. The molecule has 0 N–H and O–H groups in total. The van der Waals surface area contributed by atoms with Crippen molar-refractivity contribution >= 4 is 50.6 Å². The molecule has 0 atom stereocenters. The Kier molecular flexibility index (Phi) is 12.5. The quantitative estimate of drug-likeness (QED) is 0.0958. The van der Waals surface area contributed by atoms with Crippen molar-refractivity contribution in [3.63, 3.8) is 0 Å². The first-order valence-corrected chi connectivity index (χ1v) is 28.8. The van der Waals surface area contributed by atoms with E-state index in [0.717, 1.165) is 44.5 Å². The van der Waals surface area contributed by atoms with E-state index in [1.165, 1.54) is 76.0 Å². The molecule has 2 heterocycles. The van der Waals surface area contributed by atoms with Crippen molar-refractivity contribution in [2.45, 2.75) is 27.7 Å². The predicted octanol–water partition coefficient (Wildman–Crippen LogP) is 15.6. The van der Waals surface area contributed by atoms with Crippen molar-refractivity contribution in [2.24, 2.45) is 0 Å². The monoisotopic (exact) mass is 1020 g/mol. The van der Waals surface area contributed by atoms with Crippen LogP contribution in [-0.2, 0) is 0 Å². The second kappa shape index (κ2) is 20.2. The molecule has 0 aliphatic heterocycles. The number of aryl methyl sites for hydroxylation is 4. The Balaban J connectivity index is 1.13. The summed E-state index contributed by atoms with van der Waals surface area (Å²) in [6, 6.07) is 97.8. The fourth-order valence-electron chi connectivity index (χ4n) is 11.9. The second-order valence-corrected chi connectivity index (χ2v) is 24.4. The number of rotatable bonds is 11. The summed E-state index contributed by atoms with van der Waals surface area (Å²) in [6.07, 6.45) is 0. The van der Waals surface area contributed by atoms with Gasteiger partial charge in [-0.05, 0) is 106 Å². The van der Waals surface area contributed by atoms with E-state index >= 15 is 0 Å². The normalized spacial score (nSPS) is 11.6. The molecule has 11 aromatic carbocycles. The summed E-state index contributed by atoms with van der Waals surface area (Å²) in [5, 5.41) is 7.64. The van der Waals surface area contributed by atoms with Gasteiger partial charge in [0.05, 0.1) is 16.7 Å². The van der Waals surface area contributed by atoms with E-state index in [0.29, 0.717) is 17.5 Å². The third kappa shape index (κ3) is 8.64. The molecule has 0 bridgehead atoms. The van der Waals surface area contributed by atoms with E-state index in [2.05, 4.69) is 263 Å². The average molecular weight is 1020 g/mol. The van der Waals surface area contributed by atoms with Crippen LogP contribution in [0.1, 0.15) is 22.3 Å². The van der Waals surface area contributed by atoms with Gasteiger partial charge >= 0.3 is 0 Å². The third-order valence-electron chi connectivity index (χ3n) is 15.6. The minimum Gasteiger partial charge on any atom is -0.309 e. The number of hydrogen-bond donors (Lipinski definition) is 0. The minimum absolute atomic E-state index is 0.598. The Bertz CT molecular complexity index is 4080. The summed E-state index contributed by atoms with van der Waals surface area (Å²) < 4.78 is 2.52. The van der Waals surface area contributed by atoms with E-state index in [4.69, 9.17) is 15.0 Å². The maximum atomic E-state index is 5.31. The maximum Gasteiger partial charge on any atom is 0.179 e. The van der Waals surface area contributed by atoms with Crippen LogP contribution in [0.4, 0.5) is 0 Å². The number of hydrogen-bond acceptors (Lipinski definition) is 3. The largest absolute Gasteiger partial charge is 0.309 e. The van der Waals surface area contributed by atoms with Crippen molar-refractivity contribution in [1.82, 2.24) is 19.5 Å². The third-order valence-corrected chi connectivity index (χ3v) is 20.4. The molecule has 2 aromatic heterocycles. The van der Waals surface area contributed by atoms with Gasteiger partial charge in [0.15, 0.2) is 25.5 Å². The summed E-state index contributed by atoms with van der Waals surface area (Å²) in [5.41, 5.74) is 17.9. The van der Waals surface area contributed by atoms with E-state index in [1.807, 2.05) is 36.4 Å². The van der Waals surface area contributed by atoms with Gasteiger partial charge in [-0.2, -0.15) is 0 Å². The lowest BCUT2D eigenvalue weighted by Crippen LogP contribution is -2.74. The van der Waals surface area contributed by atoms with Crippen LogP contribution >= 0.6 is 0 Å². The van der Waals surface area contributed by atoms with Crippen molar-refractivity contribution in [3.05, 3.63) is 289 Å². The summed E-state index contributed by atoms with van der Waals surface area (Å²) in [4.78, 5) is 15.7. The van der Waals surface area contributed by atoms with Gasteiger partial charge in [-0.3, -0.25) is 0 Å². The number of aromatic nitrogens is 4.